The molecule has 0 unspecified atom stereocenters. The average molecular weight is 399 g/mol. The molecule has 0 radical (unpaired) electrons. The molecular weight excluding hydrogens is 364 g/mol. The highest BCUT2D eigenvalue weighted by Gasteiger charge is 2.48. The summed E-state index contributed by atoms with van der Waals surface area (Å²) in [6.07, 6.45) is 4.79. The number of fused-ring (bicyclic) bond motifs is 1. The lowest BCUT2D eigenvalue weighted by Crippen LogP contribution is -2.57. The first kappa shape index (κ1) is 20.6. The number of hydrogen-bond acceptors (Lipinski definition) is 6. The molecule has 6 heteroatoms. The summed E-state index contributed by atoms with van der Waals surface area (Å²) >= 11 is 0. The molecule has 0 bridgehead atoms. The van der Waals surface area contributed by atoms with Gasteiger partial charge in [0.1, 0.15) is 11.9 Å². The Morgan fingerprint density at radius 3 is 2.79 bits per heavy atom. The Hall–Kier alpha value is -1.68. The number of pyridine rings is 1. The maximum atomic E-state index is 9.74. The van der Waals surface area contributed by atoms with Crippen LogP contribution in [0, 0.1) is 36.5 Å². The fraction of sp³-hybridized carbons (Fsp3) is 0.739. The monoisotopic (exact) mass is 398 g/mol. The smallest absolute Gasteiger partial charge is 0.147 e. The van der Waals surface area contributed by atoms with Gasteiger partial charge in [0.25, 0.3) is 0 Å². The third-order valence-electron chi connectivity index (χ3n) is 7.38. The van der Waals surface area contributed by atoms with Crippen molar-refractivity contribution >= 4 is 5.82 Å². The van der Waals surface area contributed by atoms with Gasteiger partial charge in [-0.3, -0.25) is 4.90 Å². The number of methoxy groups -OCH3 is 1. The Balaban J connectivity index is 1.56. The number of rotatable bonds is 4. The topological polar surface area (TPSA) is 61.6 Å². The molecule has 1 aromatic heterocycles. The number of anilines is 1. The predicted octanol–water partition coefficient (Wildman–Crippen LogP) is 2.91. The van der Waals surface area contributed by atoms with Crippen LogP contribution in [0.3, 0.4) is 0 Å². The Kier molecular flexibility index (Phi) is 6.10. The molecule has 29 heavy (non-hydrogen) atoms. The zero-order valence-corrected chi connectivity index (χ0v) is 18.1. The lowest BCUT2D eigenvalue weighted by atomic mass is 9.61. The van der Waals surface area contributed by atoms with Gasteiger partial charge in [0.2, 0.25) is 0 Å². The summed E-state index contributed by atoms with van der Waals surface area (Å²) in [6.45, 7) is 10.6. The van der Waals surface area contributed by atoms with Crippen LogP contribution in [0.15, 0.2) is 6.07 Å². The van der Waals surface area contributed by atoms with Gasteiger partial charge in [-0.1, -0.05) is 0 Å². The molecule has 2 saturated heterocycles. The van der Waals surface area contributed by atoms with Crippen molar-refractivity contribution in [2.75, 3.05) is 58.0 Å². The standard InChI is InChI=1S/C23H34N4O2/c1-17-12-18(2)25-22(21(17)14-24)27-7-5-19-13-20(26-8-10-29-11-9-26)4-6-23(19,15-27)16-28-3/h12,19-20H,4-11,13,15-16H2,1-3H3/t19-,20-,23+/m0/s1. The van der Waals surface area contributed by atoms with Crippen LogP contribution in [0.4, 0.5) is 5.82 Å². The van der Waals surface area contributed by atoms with E-state index in [1.807, 2.05) is 27.0 Å². The number of nitrogens with zero attached hydrogens (tertiary/aromatic N) is 4. The van der Waals surface area contributed by atoms with Crippen LogP contribution in [0.2, 0.25) is 0 Å². The van der Waals surface area contributed by atoms with Gasteiger partial charge in [-0.2, -0.15) is 5.26 Å². The van der Waals surface area contributed by atoms with E-state index in [-0.39, 0.29) is 5.41 Å². The quantitative estimate of drug-likeness (QED) is 0.777. The molecule has 1 aliphatic carbocycles. The van der Waals surface area contributed by atoms with E-state index in [0.717, 1.165) is 75.1 Å². The van der Waals surface area contributed by atoms with E-state index in [1.165, 1.54) is 19.3 Å². The maximum absolute atomic E-state index is 9.74. The van der Waals surface area contributed by atoms with E-state index in [2.05, 4.69) is 15.9 Å². The zero-order valence-electron chi connectivity index (χ0n) is 18.1. The number of ether oxygens (including phenoxy) is 2. The SMILES string of the molecule is COC[C@]12CC[C@H](N3CCOCC3)C[C@@H]1CCN(c1nc(C)cc(C)c1C#N)C2. The van der Waals surface area contributed by atoms with Gasteiger partial charge >= 0.3 is 0 Å². The lowest BCUT2D eigenvalue weighted by molar-refractivity contribution is -0.0540. The van der Waals surface area contributed by atoms with Crippen molar-refractivity contribution in [2.24, 2.45) is 11.3 Å². The zero-order chi connectivity index (χ0) is 20.4. The molecule has 0 aromatic carbocycles. The van der Waals surface area contributed by atoms with E-state index < -0.39 is 0 Å². The molecule has 3 heterocycles. The van der Waals surface area contributed by atoms with Crippen molar-refractivity contribution in [3.05, 3.63) is 22.9 Å². The van der Waals surface area contributed by atoms with E-state index >= 15 is 0 Å². The largest absolute Gasteiger partial charge is 0.384 e. The summed E-state index contributed by atoms with van der Waals surface area (Å²) in [4.78, 5) is 9.80. The molecule has 1 saturated carbocycles. The molecule has 4 rings (SSSR count). The number of hydrogen-bond donors (Lipinski definition) is 0. The summed E-state index contributed by atoms with van der Waals surface area (Å²) in [6, 6.07) is 5.08. The minimum Gasteiger partial charge on any atom is -0.384 e. The maximum Gasteiger partial charge on any atom is 0.147 e. The van der Waals surface area contributed by atoms with Gasteiger partial charge in [-0.05, 0) is 57.1 Å². The first-order valence-electron chi connectivity index (χ1n) is 11.0. The van der Waals surface area contributed by atoms with Crippen molar-refractivity contribution in [3.63, 3.8) is 0 Å². The Labute approximate surface area is 174 Å². The van der Waals surface area contributed by atoms with Gasteiger partial charge < -0.3 is 14.4 Å². The van der Waals surface area contributed by atoms with Crippen LogP contribution in [0.5, 0.6) is 0 Å². The summed E-state index contributed by atoms with van der Waals surface area (Å²) < 4.78 is 11.3. The summed E-state index contributed by atoms with van der Waals surface area (Å²) in [5.41, 5.74) is 2.88. The van der Waals surface area contributed by atoms with E-state index in [4.69, 9.17) is 14.5 Å². The molecule has 3 atom stereocenters. The number of aromatic nitrogens is 1. The van der Waals surface area contributed by atoms with E-state index in [0.29, 0.717) is 12.0 Å². The van der Waals surface area contributed by atoms with Gasteiger partial charge in [-0.15, -0.1) is 0 Å². The Morgan fingerprint density at radius 2 is 2.07 bits per heavy atom. The molecule has 3 fully saturated rings. The second kappa shape index (κ2) is 8.59. The van der Waals surface area contributed by atoms with Crippen molar-refractivity contribution < 1.29 is 9.47 Å². The first-order valence-corrected chi connectivity index (χ1v) is 11.0. The molecule has 0 spiro atoms. The fourth-order valence-electron chi connectivity index (χ4n) is 5.92. The van der Waals surface area contributed by atoms with Crippen molar-refractivity contribution in [1.29, 1.82) is 5.26 Å². The van der Waals surface area contributed by atoms with Crippen molar-refractivity contribution in [2.45, 2.75) is 45.6 Å². The number of piperidine rings is 1. The predicted molar refractivity (Wildman–Crippen MR) is 113 cm³/mol. The van der Waals surface area contributed by atoms with Crippen LogP contribution in [0.1, 0.15) is 42.5 Å². The number of aryl methyl sites for hydroxylation is 2. The Bertz CT molecular complexity index is 771. The molecule has 6 nitrogen and oxygen atoms in total. The minimum absolute atomic E-state index is 0.155. The minimum atomic E-state index is 0.155. The lowest BCUT2D eigenvalue weighted by Gasteiger charge is -2.54. The number of nitriles is 1. The fourth-order valence-corrected chi connectivity index (χ4v) is 5.92. The molecule has 158 valence electrons. The second-order valence-electron chi connectivity index (χ2n) is 9.17. The third kappa shape index (κ3) is 4.01. The van der Waals surface area contributed by atoms with E-state index in [9.17, 15) is 5.26 Å². The second-order valence-corrected chi connectivity index (χ2v) is 9.17. The molecule has 0 N–H and O–H groups in total. The normalized spacial score (nSPS) is 30.6. The summed E-state index contributed by atoms with van der Waals surface area (Å²) in [5, 5.41) is 9.74. The number of morpholine rings is 1. The highest BCUT2D eigenvalue weighted by Crippen LogP contribution is 2.48. The van der Waals surface area contributed by atoms with Crippen LogP contribution in [-0.4, -0.2) is 69.0 Å². The first-order chi connectivity index (χ1) is 14.1. The molecular formula is C23H34N4O2. The van der Waals surface area contributed by atoms with Crippen molar-refractivity contribution in [1.82, 2.24) is 9.88 Å². The van der Waals surface area contributed by atoms with Crippen LogP contribution in [0.25, 0.3) is 0 Å². The summed E-state index contributed by atoms with van der Waals surface area (Å²) in [5.74, 6) is 1.53. The molecule has 0 amide bonds. The van der Waals surface area contributed by atoms with Gasteiger partial charge in [0, 0.05) is 50.4 Å². The molecule has 1 aromatic rings. The Morgan fingerprint density at radius 1 is 1.28 bits per heavy atom. The summed E-state index contributed by atoms with van der Waals surface area (Å²) in [7, 11) is 1.83. The molecule has 3 aliphatic rings. The van der Waals surface area contributed by atoms with Gasteiger partial charge in [0.05, 0.1) is 25.4 Å². The van der Waals surface area contributed by atoms with Gasteiger partial charge in [0.15, 0.2) is 0 Å². The van der Waals surface area contributed by atoms with E-state index in [1.54, 1.807) is 0 Å². The van der Waals surface area contributed by atoms with Gasteiger partial charge in [-0.25, -0.2) is 4.98 Å². The van der Waals surface area contributed by atoms with Crippen molar-refractivity contribution in [3.8, 4) is 6.07 Å². The molecule has 2 aliphatic heterocycles. The highest BCUT2D eigenvalue weighted by molar-refractivity contribution is 5.58. The van der Waals surface area contributed by atoms with Crippen LogP contribution < -0.4 is 4.90 Å². The highest BCUT2D eigenvalue weighted by atomic mass is 16.5. The van der Waals surface area contributed by atoms with Crippen LogP contribution >= 0.6 is 0 Å². The average Bonchev–Trinajstić information content (AvgIpc) is 2.73. The van der Waals surface area contributed by atoms with Crippen LogP contribution in [-0.2, 0) is 9.47 Å². The third-order valence-corrected chi connectivity index (χ3v) is 7.38.